The van der Waals surface area contributed by atoms with Crippen LogP contribution < -0.4 is 5.73 Å². The molecule has 0 saturated heterocycles. The molecule has 49 heavy (non-hydrogen) atoms. The minimum absolute atomic E-state index is 0.0881. The number of allylic oxidation sites excluding steroid dienone is 4. The third kappa shape index (κ3) is 36.9. The molecule has 0 aliphatic heterocycles. The molecule has 7 nitrogen and oxygen atoms in total. The molecular formula is C42H77NO6. The maximum Gasteiger partial charge on any atom is 0.307 e. The fourth-order valence-corrected chi connectivity index (χ4v) is 5.68. The molecule has 0 heterocycles. The first-order valence-corrected chi connectivity index (χ1v) is 20.5. The van der Waals surface area contributed by atoms with Crippen LogP contribution in [0, 0.1) is 0 Å². The molecule has 286 valence electrons. The SMILES string of the molecule is CCCCCCCC/C=C\CCCCCCCC(=O)OCC(COC(=O)CCN)OC(=O)CCCCCCC/C=C\CCCCCCCC. The van der Waals surface area contributed by atoms with Gasteiger partial charge in [-0.25, -0.2) is 0 Å². The van der Waals surface area contributed by atoms with Crippen LogP contribution in [0.2, 0.25) is 0 Å². The summed E-state index contributed by atoms with van der Waals surface area (Å²) < 4.78 is 16.1. The average Bonchev–Trinajstić information content (AvgIpc) is 3.09. The van der Waals surface area contributed by atoms with Gasteiger partial charge >= 0.3 is 17.9 Å². The van der Waals surface area contributed by atoms with Crippen LogP contribution in [0.5, 0.6) is 0 Å². The first-order valence-electron chi connectivity index (χ1n) is 20.5. The van der Waals surface area contributed by atoms with Crippen LogP contribution in [-0.4, -0.2) is 43.8 Å². The van der Waals surface area contributed by atoms with Crippen molar-refractivity contribution in [2.45, 2.75) is 206 Å². The Morgan fingerprint density at radius 2 is 0.776 bits per heavy atom. The molecule has 0 rings (SSSR count). The van der Waals surface area contributed by atoms with Gasteiger partial charge in [-0.2, -0.15) is 0 Å². The van der Waals surface area contributed by atoms with E-state index in [1.165, 1.54) is 109 Å². The Kier molecular flexibility index (Phi) is 37.0. The van der Waals surface area contributed by atoms with Crippen LogP contribution in [0.15, 0.2) is 24.3 Å². The van der Waals surface area contributed by atoms with Crippen molar-refractivity contribution in [2.24, 2.45) is 5.73 Å². The fourth-order valence-electron chi connectivity index (χ4n) is 5.68. The van der Waals surface area contributed by atoms with Crippen molar-refractivity contribution in [3.05, 3.63) is 24.3 Å². The number of carbonyl (C=O) groups is 3. The molecule has 7 heteroatoms. The smallest absolute Gasteiger partial charge is 0.307 e. The van der Waals surface area contributed by atoms with Gasteiger partial charge in [0.15, 0.2) is 6.10 Å². The highest BCUT2D eigenvalue weighted by atomic mass is 16.6. The number of nitrogens with two attached hydrogens (primary N) is 1. The Hall–Kier alpha value is -2.15. The Morgan fingerprint density at radius 1 is 0.449 bits per heavy atom. The Morgan fingerprint density at radius 3 is 1.16 bits per heavy atom. The summed E-state index contributed by atoms with van der Waals surface area (Å²) in [6.45, 7) is 4.44. The van der Waals surface area contributed by atoms with Crippen molar-refractivity contribution in [3.63, 3.8) is 0 Å². The molecule has 0 aromatic rings. The third-order valence-electron chi connectivity index (χ3n) is 8.79. The number of hydrogen-bond donors (Lipinski definition) is 1. The zero-order chi connectivity index (χ0) is 35.9. The van der Waals surface area contributed by atoms with E-state index in [1.807, 2.05) is 0 Å². The van der Waals surface area contributed by atoms with Crippen molar-refractivity contribution in [2.75, 3.05) is 19.8 Å². The van der Waals surface area contributed by atoms with Gasteiger partial charge in [0.25, 0.3) is 0 Å². The molecule has 0 spiro atoms. The van der Waals surface area contributed by atoms with E-state index in [0.717, 1.165) is 57.8 Å². The number of esters is 3. The molecule has 0 aromatic heterocycles. The normalized spacial score (nSPS) is 12.1. The van der Waals surface area contributed by atoms with Crippen LogP contribution in [0.4, 0.5) is 0 Å². The molecule has 0 fully saturated rings. The van der Waals surface area contributed by atoms with Crippen LogP contribution in [0.3, 0.4) is 0 Å². The van der Waals surface area contributed by atoms with E-state index < -0.39 is 12.1 Å². The van der Waals surface area contributed by atoms with Gasteiger partial charge in [-0.3, -0.25) is 14.4 Å². The van der Waals surface area contributed by atoms with Crippen molar-refractivity contribution >= 4 is 17.9 Å². The highest BCUT2D eigenvalue weighted by Crippen LogP contribution is 2.13. The van der Waals surface area contributed by atoms with E-state index >= 15 is 0 Å². The summed E-state index contributed by atoms with van der Waals surface area (Å²) in [5.41, 5.74) is 5.43. The summed E-state index contributed by atoms with van der Waals surface area (Å²) >= 11 is 0. The van der Waals surface area contributed by atoms with E-state index in [4.69, 9.17) is 19.9 Å². The second-order valence-electron chi connectivity index (χ2n) is 13.7. The molecule has 0 aliphatic rings. The lowest BCUT2D eigenvalue weighted by Gasteiger charge is -2.18. The quantitative estimate of drug-likeness (QED) is 0.0299. The first kappa shape index (κ1) is 46.9. The standard InChI is InChI=1S/C42H77NO6/c1-3-5-7-9-11-13-15-17-19-21-23-25-27-29-31-33-40(44)47-37-39(38-48-41(45)35-36-43)49-42(46)34-32-30-28-26-24-22-20-18-16-14-12-10-8-6-4-2/h17-20,39H,3-16,21-38,43H2,1-2H3/b19-17-,20-18-. The molecule has 0 aromatic carbocycles. The summed E-state index contributed by atoms with van der Waals surface area (Å²) in [6, 6.07) is 0. The molecule has 1 unspecified atom stereocenters. The largest absolute Gasteiger partial charge is 0.462 e. The summed E-state index contributed by atoms with van der Waals surface area (Å²) in [5, 5.41) is 0. The number of unbranched alkanes of at least 4 members (excludes halogenated alkanes) is 22. The van der Waals surface area contributed by atoms with Crippen molar-refractivity contribution in [1.29, 1.82) is 0 Å². The van der Waals surface area contributed by atoms with E-state index in [-0.39, 0.29) is 38.1 Å². The zero-order valence-corrected chi connectivity index (χ0v) is 32.0. The predicted octanol–water partition coefficient (Wildman–Crippen LogP) is 11.4. The Labute approximate surface area is 301 Å². The molecule has 0 radical (unpaired) electrons. The van der Waals surface area contributed by atoms with Gasteiger partial charge in [0.05, 0.1) is 6.42 Å². The number of hydrogen-bond acceptors (Lipinski definition) is 7. The van der Waals surface area contributed by atoms with Gasteiger partial charge in [0, 0.05) is 19.4 Å². The first-order chi connectivity index (χ1) is 24.0. The molecule has 0 saturated carbocycles. The number of carbonyl (C=O) groups excluding carboxylic acids is 3. The predicted molar refractivity (Wildman–Crippen MR) is 204 cm³/mol. The van der Waals surface area contributed by atoms with Gasteiger partial charge in [-0.15, -0.1) is 0 Å². The van der Waals surface area contributed by atoms with Crippen LogP contribution >= 0.6 is 0 Å². The van der Waals surface area contributed by atoms with Crippen molar-refractivity contribution in [3.8, 4) is 0 Å². The highest BCUT2D eigenvalue weighted by molar-refractivity contribution is 5.71. The van der Waals surface area contributed by atoms with Gasteiger partial charge < -0.3 is 19.9 Å². The van der Waals surface area contributed by atoms with Crippen molar-refractivity contribution in [1.82, 2.24) is 0 Å². The molecule has 2 N–H and O–H groups in total. The van der Waals surface area contributed by atoms with Crippen LogP contribution in [-0.2, 0) is 28.6 Å². The van der Waals surface area contributed by atoms with E-state index in [2.05, 4.69) is 38.2 Å². The van der Waals surface area contributed by atoms with Crippen molar-refractivity contribution < 1.29 is 28.6 Å². The minimum Gasteiger partial charge on any atom is -0.462 e. The monoisotopic (exact) mass is 692 g/mol. The van der Waals surface area contributed by atoms with Gasteiger partial charge in [-0.05, 0) is 64.2 Å². The molecule has 0 aliphatic carbocycles. The lowest BCUT2D eigenvalue weighted by Crippen LogP contribution is -2.31. The summed E-state index contributed by atoms with van der Waals surface area (Å²) in [5.74, 6) is -1.13. The van der Waals surface area contributed by atoms with Gasteiger partial charge in [-0.1, -0.05) is 141 Å². The van der Waals surface area contributed by atoms with E-state index in [0.29, 0.717) is 12.8 Å². The Bertz CT molecular complexity index is 811. The van der Waals surface area contributed by atoms with Gasteiger partial charge in [0.2, 0.25) is 0 Å². The summed E-state index contributed by atoms with van der Waals surface area (Å²) in [4.78, 5) is 36.6. The minimum atomic E-state index is -0.810. The Balaban J connectivity index is 4.03. The van der Waals surface area contributed by atoms with E-state index in [9.17, 15) is 14.4 Å². The third-order valence-corrected chi connectivity index (χ3v) is 8.79. The lowest BCUT2D eigenvalue weighted by atomic mass is 10.1. The number of ether oxygens (including phenoxy) is 3. The lowest BCUT2D eigenvalue weighted by molar-refractivity contribution is -0.166. The second kappa shape index (κ2) is 38.6. The highest BCUT2D eigenvalue weighted by Gasteiger charge is 2.19. The zero-order valence-electron chi connectivity index (χ0n) is 32.0. The molecule has 1 atom stereocenters. The maximum atomic E-state index is 12.5. The number of rotatable bonds is 37. The topological polar surface area (TPSA) is 105 Å². The van der Waals surface area contributed by atoms with Gasteiger partial charge in [0.1, 0.15) is 13.2 Å². The van der Waals surface area contributed by atoms with E-state index in [1.54, 1.807) is 0 Å². The molecule has 0 amide bonds. The molecular weight excluding hydrogens is 614 g/mol. The fraction of sp³-hybridized carbons (Fsp3) is 0.833. The summed E-state index contributed by atoms with van der Waals surface area (Å²) in [7, 11) is 0. The maximum absolute atomic E-state index is 12.5. The summed E-state index contributed by atoms with van der Waals surface area (Å²) in [6.07, 6.45) is 40.3. The average molecular weight is 692 g/mol. The van der Waals surface area contributed by atoms with Crippen LogP contribution in [0.25, 0.3) is 0 Å². The van der Waals surface area contributed by atoms with Crippen LogP contribution in [0.1, 0.15) is 200 Å². The second-order valence-corrected chi connectivity index (χ2v) is 13.7. The molecule has 0 bridgehead atoms.